The Balaban J connectivity index is 0.00000106. The van der Waals surface area contributed by atoms with Crippen molar-refractivity contribution in [3.8, 4) is 0 Å². The van der Waals surface area contributed by atoms with Crippen LogP contribution in [0.2, 0.25) is 0 Å². The van der Waals surface area contributed by atoms with Crippen LogP contribution in [0.4, 0.5) is 0 Å². The molecule has 0 N–H and O–H groups in total. The van der Waals surface area contributed by atoms with Crippen LogP contribution in [-0.4, -0.2) is 24.7 Å². The number of aromatic nitrogens is 1. The first-order chi connectivity index (χ1) is 7.74. The molecule has 1 aromatic rings. The number of hydrogen-bond acceptors (Lipinski definition) is 4. The summed E-state index contributed by atoms with van der Waals surface area (Å²) in [4.78, 5) is 1.32. The van der Waals surface area contributed by atoms with E-state index < -0.39 is 0 Å². The topological polar surface area (TPSA) is 31.4 Å². The first-order valence-corrected chi connectivity index (χ1v) is 6.53. The molecule has 0 aliphatic heterocycles. The number of hydrogen-bond donors (Lipinski definition) is 0. The van der Waals surface area contributed by atoms with E-state index in [1.807, 2.05) is 13.8 Å². The Kier molecular flexibility index (Phi) is 9.48. The van der Waals surface area contributed by atoms with Crippen LogP contribution in [0.15, 0.2) is 6.07 Å². The molecule has 1 aromatic heterocycles. The van der Waals surface area contributed by atoms with E-state index >= 15 is 0 Å². The molecule has 0 atom stereocenters. The molecule has 0 saturated carbocycles. The molecule has 16 heavy (non-hydrogen) atoms. The Morgan fingerprint density at radius 1 is 1.31 bits per heavy atom. The van der Waals surface area contributed by atoms with Gasteiger partial charge in [0.1, 0.15) is 0 Å². The van der Waals surface area contributed by atoms with Gasteiger partial charge in [0.25, 0.3) is 0 Å². The predicted molar refractivity (Wildman–Crippen MR) is 69.1 cm³/mol. The second-order valence-electron chi connectivity index (χ2n) is 3.42. The van der Waals surface area contributed by atoms with Crippen LogP contribution in [-0.2, 0) is 16.1 Å². The molecule has 0 radical (unpaired) electrons. The molecular weight excluding hydrogens is 222 g/mol. The van der Waals surface area contributed by atoms with Crippen molar-refractivity contribution in [1.82, 2.24) is 4.37 Å². The van der Waals surface area contributed by atoms with Crippen molar-refractivity contribution in [2.45, 2.75) is 40.2 Å². The van der Waals surface area contributed by atoms with Gasteiger partial charge in [-0.3, -0.25) is 0 Å². The second-order valence-corrected chi connectivity index (χ2v) is 4.26. The maximum Gasteiger partial charge on any atom is 0.0900 e. The molecule has 0 fully saturated rings. The van der Waals surface area contributed by atoms with Crippen molar-refractivity contribution in [3.05, 3.63) is 16.6 Å². The fourth-order valence-corrected chi connectivity index (χ4v) is 1.71. The minimum absolute atomic E-state index is 0.556. The van der Waals surface area contributed by atoms with Crippen LogP contribution in [0.5, 0.6) is 0 Å². The van der Waals surface area contributed by atoms with Crippen LogP contribution in [0.25, 0.3) is 0 Å². The summed E-state index contributed by atoms with van der Waals surface area (Å²) >= 11 is 1.56. The zero-order valence-corrected chi connectivity index (χ0v) is 11.8. The van der Waals surface area contributed by atoms with Gasteiger partial charge in [0, 0.05) is 12.0 Å². The van der Waals surface area contributed by atoms with Crippen LogP contribution in [0.1, 0.15) is 44.2 Å². The van der Waals surface area contributed by atoms with E-state index in [1.54, 1.807) is 18.6 Å². The molecular formula is C12H23NO2S. The third-order valence-electron chi connectivity index (χ3n) is 1.83. The summed E-state index contributed by atoms with van der Waals surface area (Å²) in [5.74, 6) is 0.556. The molecule has 0 aromatic carbocycles. The van der Waals surface area contributed by atoms with Crippen LogP contribution >= 0.6 is 11.5 Å². The van der Waals surface area contributed by atoms with Crippen LogP contribution in [0, 0.1) is 0 Å². The molecule has 3 nitrogen and oxygen atoms in total. The van der Waals surface area contributed by atoms with E-state index in [2.05, 4.69) is 24.3 Å². The van der Waals surface area contributed by atoms with Crippen molar-refractivity contribution in [3.63, 3.8) is 0 Å². The highest BCUT2D eigenvalue weighted by Crippen LogP contribution is 2.20. The number of ether oxygens (including phenoxy) is 2. The van der Waals surface area contributed by atoms with Crippen molar-refractivity contribution in [2.75, 3.05) is 20.3 Å². The van der Waals surface area contributed by atoms with E-state index in [-0.39, 0.29) is 0 Å². The summed E-state index contributed by atoms with van der Waals surface area (Å²) in [7, 11) is 1.67. The molecule has 1 rings (SSSR count). The normalized spacial score (nSPS) is 10.1. The van der Waals surface area contributed by atoms with Gasteiger partial charge >= 0.3 is 0 Å². The summed E-state index contributed by atoms with van der Waals surface area (Å²) < 4.78 is 14.6. The fourth-order valence-electron chi connectivity index (χ4n) is 0.987. The van der Waals surface area contributed by atoms with E-state index in [4.69, 9.17) is 9.47 Å². The monoisotopic (exact) mass is 245 g/mol. The highest BCUT2D eigenvalue weighted by molar-refractivity contribution is 7.05. The van der Waals surface area contributed by atoms with E-state index in [1.165, 1.54) is 4.88 Å². The van der Waals surface area contributed by atoms with E-state index in [0.717, 1.165) is 5.69 Å². The fraction of sp³-hybridized carbons (Fsp3) is 0.750. The Bertz CT molecular complexity index is 261. The molecule has 0 saturated heterocycles. The van der Waals surface area contributed by atoms with Gasteiger partial charge in [0.05, 0.1) is 25.5 Å². The number of nitrogens with zero attached hydrogens (tertiary/aromatic N) is 1. The third kappa shape index (κ3) is 6.20. The van der Waals surface area contributed by atoms with E-state index in [9.17, 15) is 0 Å². The van der Waals surface area contributed by atoms with Crippen LogP contribution in [0.3, 0.4) is 0 Å². The van der Waals surface area contributed by atoms with Gasteiger partial charge in [0.15, 0.2) is 0 Å². The van der Waals surface area contributed by atoms with E-state index in [0.29, 0.717) is 25.7 Å². The molecule has 94 valence electrons. The summed E-state index contributed by atoms with van der Waals surface area (Å²) in [6, 6.07) is 2.11. The predicted octanol–water partition coefficient (Wildman–Crippen LogP) is 3.46. The zero-order valence-electron chi connectivity index (χ0n) is 10.9. The SMILES string of the molecule is CC.COCCOCc1cc(C(C)C)sn1. The average Bonchev–Trinajstić information content (AvgIpc) is 2.76. The van der Waals surface area contributed by atoms with Gasteiger partial charge in [-0.15, -0.1) is 0 Å². The largest absolute Gasteiger partial charge is 0.382 e. The Labute approximate surface area is 103 Å². The standard InChI is InChI=1S/C10H17NO2S.C2H6/c1-8(2)10-6-9(11-14-10)7-13-5-4-12-3;1-2/h6,8H,4-5,7H2,1-3H3;1-2H3. The quantitative estimate of drug-likeness (QED) is 0.719. The summed E-state index contributed by atoms with van der Waals surface area (Å²) in [6.45, 7) is 10.2. The van der Waals surface area contributed by atoms with Gasteiger partial charge in [-0.05, 0) is 23.5 Å². The summed E-state index contributed by atoms with van der Waals surface area (Å²) in [6.07, 6.45) is 0. The molecule has 0 aliphatic rings. The minimum atomic E-state index is 0.556. The van der Waals surface area contributed by atoms with Gasteiger partial charge in [-0.1, -0.05) is 27.7 Å². The second kappa shape index (κ2) is 9.75. The van der Waals surface area contributed by atoms with Crippen LogP contribution < -0.4 is 0 Å². The van der Waals surface area contributed by atoms with Crippen molar-refractivity contribution in [2.24, 2.45) is 0 Å². The maximum atomic E-state index is 5.37. The number of rotatable bonds is 6. The maximum absolute atomic E-state index is 5.37. The summed E-state index contributed by atoms with van der Waals surface area (Å²) in [5, 5.41) is 0. The molecule has 0 bridgehead atoms. The molecule has 1 heterocycles. The van der Waals surface area contributed by atoms with Crippen molar-refractivity contribution < 1.29 is 9.47 Å². The molecule has 4 heteroatoms. The Hall–Kier alpha value is -0.450. The van der Waals surface area contributed by atoms with Gasteiger partial charge in [0.2, 0.25) is 0 Å². The van der Waals surface area contributed by atoms with Gasteiger partial charge < -0.3 is 9.47 Å². The first-order valence-electron chi connectivity index (χ1n) is 5.76. The minimum Gasteiger partial charge on any atom is -0.382 e. The molecule has 0 aliphatic carbocycles. The average molecular weight is 245 g/mol. The lowest BCUT2D eigenvalue weighted by Crippen LogP contribution is -2.01. The van der Waals surface area contributed by atoms with Gasteiger partial charge in [-0.25, -0.2) is 0 Å². The van der Waals surface area contributed by atoms with Crippen molar-refractivity contribution >= 4 is 11.5 Å². The lowest BCUT2D eigenvalue weighted by atomic mass is 10.2. The zero-order chi connectivity index (χ0) is 12.4. The smallest absolute Gasteiger partial charge is 0.0900 e. The molecule has 0 amide bonds. The molecule has 0 unspecified atom stereocenters. The lowest BCUT2D eigenvalue weighted by Gasteiger charge is -2.00. The Morgan fingerprint density at radius 3 is 2.50 bits per heavy atom. The number of methoxy groups -OCH3 is 1. The highest BCUT2D eigenvalue weighted by atomic mass is 32.1. The lowest BCUT2D eigenvalue weighted by molar-refractivity contribution is 0.0605. The van der Waals surface area contributed by atoms with Gasteiger partial charge in [-0.2, -0.15) is 4.37 Å². The first kappa shape index (κ1) is 15.6. The Morgan fingerprint density at radius 2 is 2.00 bits per heavy atom. The van der Waals surface area contributed by atoms with Crippen molar-refractivity contribution in [1.29, 1.82) is 0 Å². The molecule has 0 spiro atoms. The highest BCUT2D eigenvalue weighted by Gasteiger charge is 2.05. The summed E-state index contributed by atoms with van der Waals surface area (Å²) in [5.41, 5.74) is 1.02. The third-order valence-corrected chi connectivity index (χ3v) is 2.95.